The van der Waals surface area contributed by atoms with Gasteiger partial charge in [0.25, 0.3) is 5.91 Å². The van der Waals surface area contributed by atoms with Gasteiger partial charge in [-0.3, -0.25) is 10.1 Å². The Morgan fingerprint density at radius 2 is 2.19 bits per heavy atom. The molecule has 0 bridgehead atoms. The second-order valence-corrected chi connectivity index (χ2v) is 4.29. The third-order valence-electron chi connectivity index (χ3n) is 2.66. The van der Waals surface area contributed by atoms with Crippen LogP contribution in [0.4, 0.5) is 0 Å². The normalized spacial score (nSPS) is 16.0. The van der Waals surface area contributed by atoms with Crippen molar-refractivity contribution in [2.75, 3.05) is 0 Å². The number of amides is 1. The highest BCUT2D eigenvalue weighted by molar-refractivity contribution is 7.80. The van der Waals surface area contributed by atoms with Gasteiger partial charge in [0.15, 0.2) is 10.9 Å². The number of furan rings is 1. The van der Waals surface area contributed by atoms with Crippen LogP contribution in [0.25, 0.3) is 0 Å². The number of nitrogens with one attached hydrogen (secondary N) is 2. The van der Waals surface area contributed by atoms with Gasteiger partial charge in [-0.1, -0.05) is 12.8 Å². The van der Waals surface area contributed by atoms with Crippen LogP contribution in [-0.2, 0) is 0 Å². The molecule has 1 aliphatic rings. The van der Waals surface area contributed by atoms with Crippen molar-refractivity contribution < 1.29 is 9.21 Å². The van der Waals surface area contributed by atoms with Crippen LogP contribution >= 0.6 is 12.2 Å². The molecule has 86 valence electrons. The van der Waals surface area contributed by atoms with Crippen LogP contribution in [0.15, 0.2) is 22.8 Å². The Morgan fingerprint density at radius 1 is 1.44 bits per heavy atom. The number of carbonyl (C=O) groups is 1. The minimum atomic E-state index is -0.305. The van der Waals surface area contributed by atoms with Crippen molar-refractivity contribution in [1.29, 1.82) is 0 Å². The summed E-state index contributed by atoms with van der Waals surface area (Å²) >= 11 is 5.06. The van der Waals surface area contributed by atoms with Crippen LogP contribution in [0.5, 0.6) is 0 Å². The Hall–Kier alpha value is -1.36. The fraction of sp³-hybridized carbons (Fsp3) is 0.455. The third kappa shape index (κ3) is 2.82. The highest BCUT2D eigenvalue weighted by atomic mass is 32.1. The molecule has 0 aliphatic heterocycles. The van der Waals surface area contributed by atoms with Gasteiger partial charge in [0, 0.05) is 6.04 Å². The van der Waals surface area contributed by atoms with Crippen LogP contribution in [-0.4, -0.2) is 17.1 Å². The Balaban J connectivity index is 1.80. The highest BCUT2D eigenvalue weighted by Gasteiger charge is 2.17. The first kappa shape index (κ1) is 11.1. The summed E-state index contributed by atoms with van der Waals surface area (Å²) < 4.78 is 4.97. The fourth-order valence-corrected chi connectivity index (χ4v) is 2.12. The van der Waals surface area contributed by atoms with Gasteiger partial charge in [-0.05, 0) is 37.2 Å². The zero-order valence-corrected chi connectivity index (χ0v) is 9.68. The highest BCUT2D eigenvalue weighted by Crippen LogP contribution is 2.17. The maximum Gasteiger partial charge on any atom is 0.293 e. The summed E-state index contributed by atoms with van der Waals surface area (Å²) in [5.41, 5.74) is 0. The molecule has 16 heavy (non-hydrogen) atoms. The average Bonchev–Trinajstić information content (AvgIpc) is 2.88. The molecule has 4 nitrogen and oxygen atoms in total. The summed E-state index contributed by atoms with van der Waals surface area (Å²) in [7, 11) is 0. The molecule has 1 saturated carbocycles. The molecule has 1 fully saturated rings. The number of hydrogen-bond acceptors (Lipinski definition) is 3. The van der Waals surface area contributed by atoms with Crippen LogP contribution in [0.2, 0.25) is 0 Å². The standard InChI is InChI=1S/C11H14N2O2S/c14-10(9-6-3-7-15-9)13-11(16)12-8-4-1-2-5-8/h3,6-8H,1-2,4-5H2,(H2,12,13,14,16). The molecule has 1 aromatic heterocycles. The summed E-state index contributed by atoms with van der Waals surface area (Å²) in [5, 5.41) is 6.11. The van der Waals surface area contributed by atoms with Crippen molar-refractivity contribution in [3.63, 3.8) is 0 Å². The van der Waals surface area contributed by atoms with Crippen LogP contribution < -0.4 is 10.6 Å². The molecule has 2 rings (SSSR count). The smallest absolute Gasteiger partial charge is 0.293 e. The first-order valence-electron chi connectivity index (χ1n) is 5.41. The van der Waals surface area contributed by atoms with E-state index in [1.807, 2.05) is 0 Å². The number of thiocarbonyl (C=S) groups is 1. The monoisotopic (exact) mass is 238 g/mol. The van der Waals surface area contributed by atoms with E-state index in [0.29, 0.717) is 11.2 Å². The Bertz CT molecular complexity index is 369. The van der Waals surface area contributed by atoms with E-state index >= 15 is 0 Å². The van der Waals surface area contributed by atoms with Crippen molar-refractivity contribution in [1.82, 2.24) is 10.6 Å². The van der Waals surface area contributed by atoms with Crippen molar-refractivity contribution in [3.8, 4) is 0 Å². The van der Waals surface area contributed by atoms with Gasteiger partial charge >= 0.3 is 0 Å². The Kier molecular flexibility index (Phi) is 3.56. The zero-order valence-electron chi connectivity index (χ0n) is 8.86. The molecule has 0 aromatic carbocycles. The molecule has 5 heteroatoms. The molecule has 1 amide bonds. The molecule has 0 saturated heterocycles. The lowest BCUT2D eigenvalue weighted by molar-refractivity contribution is 0.0949. The van der Waals surface area contributed by atoms with Gasteiger partial charge in [-0.2, -0.15) is 0 Å². The van der Waals surface area contributed by atoms with Gasteiger partial charge in [-0.25, -0.2) is 0 Å². The molecular formula is C11H14N2O2S. The lowest BCUT2D eigenvalue weighted by Gasteiger charge is -2.14. The second kappa shape index (κ2) is 5.12. The van der Waals surface area contributed by atoms with Gasteiger partial charge < -0.3 is 9.73 Å². The van der Waals surface area contributed by atoms with E-state index in [1.54, 1.807) is 12.1 Å². The molecule has 1 heterocycles. The number of carbonyl (C=O) groups excluding carboxylic acids is 1. The van der Waals surface area contributed by atoms with Crippen LogP contribution in [0.3, 0.4) is 0 Å². The maximum absolute atomic E-state index is 11.6. The van der Waals surface area contributed by atoms with Gasteiger partial charge in [0.2, 0.25) is 0 Å². The molecule has 2 N–H and O–H groups in total. The fourth-order valence-electron chi connectivity index (χ4n) is 1.86. The van der Waals surface area contributed by atoms with E-state index in [0.717, 1.165) is 12.8 Å². The lowest BCUT2D eigenvalue weighted by Crippen LogP contribution is -2.43. The Labute approximate surface area is 99.4 Å². The number of rotatable bonds is 2. The lowest BCUT2D eigenvalue weighted by atomic mass is 10.3. The van der Waals surface area contributed by atoms with Crippen molar-refractivity contribution in [2.24, 2.45) is 0 Å². The van der Waals surface area contributed by atoms with Crippen molar-refractivity contribution in [2.45, 2.75) is 31.7 Å². The average molecular weight is 238 g/mol. The molecular weight excluding hydrogens is 224 g/mol. The zero-order chi connectivity index (χ0) is 11.4. The maximum atomic E-state index is 11.6. The van der Waals surface area contributed by atoms with E-state index < -0.39 is 0 Å². The molecule has 0 atom stereocenters. The Morgan fingerprint density at radius 3 is 2.81 bits per heavy atom. The predicted molar refractivity (Wildman–Crippen MR) is 64.2 cm³/mol. The van der Waals surface area contributed by atoms with Gasteiger partial charge in [-0.15, -0.1) is 0 Å². The van der Waals surface area contributed by atoms with Crippen LogP contribution in [0, 0.1) is 0 Å². The minimum absolute atomic E-state index is 0.274. The summed E-state index contributed by atoms with van der Waals surface area (Å²) in [6.07, 6.45) is 6.16. The molecule has 0 radical (unpaired) electrons. The third-order valence-corrected chi connectivity index (χ3v) is 2.88. The largest absolute Gasteiger partial charge is 0.459 e. The van der Waals surface area contributed by atoms with E-state index in [1.165, 1.54) is 19.1 Å². The molecule has 0 unspecified atom stereocenters. The molecule has 1 aromatic rings. The van der Waals surface area contributed by atoms with E-state index in [2.05, 4.69) is 10.6 Å². The topological polar surface area (TPSA) is 54.3 Å². The minimum Gasteiger partial charge on any atom is -0.459 e. The summed E-state index contributed by atoms with van der Waals surface area (Å²) in [5.74, 6) is -0.0314. The van der Waals surface area contributed by atoms with Gasteiger partial charge in [0.1, 0.15) is 0 Å². The summed E-state index contributed by atoms with van der Waals surface area (Å²) in [4.78, 5) is 11.6. The SMILES string of the molecule is O=C(NC(=S)NC1CCCC1)c1ccco1. The number of hydrogen-bond donors (Lipinski definition) is 2. The van der Waals surface area contributed by atoms with E-state index in [-0.39, 0.29) is 11.7 Å². The van der Waals surface area contributed by atoms with E-state index in [9.17, 15) is 4.79 Å². The van der Waals surface area contributed by atoms with E-state index in [4.69, 9.17) is 16.6 Å². The summed E-state index contributed by atoms with van der Waals surface area (Å²) in [6.45, 7) is 0. The first-order valence-corrected chi connectivity index (χ1v) is 5.82. The molecule has 1 aliphatic carbocycles. The molecule has 0 spiro atoms. The quantitative estimate of drug-likeness (QED) is 0.772. The van der Waals surface area contributed by atoms with Crippen LogP contribution in [0.1, 0.15) is 36.2 Å². The van der Waals surface area contributed by atoms with Crippen molar-refractivity contribution >= 4 is 23.2 Å². The van der Waals surface area contributed by atoms with Gasteiger partial charge in [0.05, 0.1) is 6.26 Å². The summed E-state index contributed by atoms with van der Waals surface area (Å²) in [6, 6.07) is 3.68. The van der Waals surface area contributed by atoms with Crippen molar-refractivity contribution in [3.05, 3.63) is 24.2 Å². The predicted octanol–water partition coefficient (Wildman–Crippen LogP) is 1.83. The second-order valence-electron chi connectivity index (χ2n) is 3.89. The first-order chi connectivity index (χ1) is 7.75.